The van der Waals surface area contributed by atoms with E-state index in [2.05, 4.69) is 54.9 Å². The lowest BCUT2D eigenvalue weighted by molar-refractivity contribution is 0.0694. The van der Waals surface area contributed by atoms with Crippen molar-refractivity contribution in [2.75, 3.05) is 0 Å². The summed E-state index contributed by atoms with van der Waals surface area (Å²) in [5, 5.41) is 13.5. The molecule has 1 fully saturated rings. The van der Waals surface area contributed by atoms with Gasteiger partial charge in [-0.25, -0.2) is 4.79 Å². The van der Waals surface area contributed by atoms with E-state index in [1.165, 1.54) is 36.8 Å². The Bertz CT molecular complexity index is 822. The lowest BCUT2D eigenvalue weighted by Crippen LogP contribution is -2.37. The van der Waals surface area contributed by atoms with Crippen LogP contribution < -0.4 is 5.32 Å². The van der Waals surface area contributed by atoms with Crippen molar-refractivity contribution in [2.45, 2.75) is 72.5 Å². The number of carboxylic acids is 1. The third kappa shape index (κ3) is 4.27. The van der Waals surface area contributed by atoms with Crippen molar-refractivity contribution in [3.8, 4) is 0 Å². The molecule has 1 saturated carbocycles. The van der Waals surface area contributed by atoms with E-state index in [0.717, 1.165) is 17.0 Å². The standard InChI is InChI=1S/C23H32N2O2/c1-15-8-7-10-19(12-15)14-25-17(3)20(22(18(25)4)23(26)27)13-24-21-11-6-5-9-16(21)2/h7-8,10,12,16,21,24H,5-6,9,11,13-14H2,1-4H3,(H,26,27)/t16-,21-/m1/s1. The van der Waals surface area contributed by atoms with Crippen LogP contribution in [0.2, 0.25) is 0 Å². The van der Waals surface area contributed by atoms with E-state index in [0.29, 0.717) is 30.6 Å². The van der Waals surface area contributed by atoms with Gasteiger partial charge in [-0.3, -0.25) is 0 Å². The molecule has 4 heteroatoms. The lowest BCUT2D eigenvalue weighted by Gasteiger charge is -2.29. The maximum absolute atomic E-state index is 12.0. The van der Waals surface area contributed by atoms with Crippen LogP contribution in [-0.4, -0.2) is 21.7 Å². The molecule has 1 aromatic heterocycles. The molecule has 1 aliphatic rings. The second-order valence-electron chi connectivity index (χ2n) is 8.15. The molecule has 0 amide bonds. The second kappa shape index (κ2) is 8.30. The first-order valence-electron chi connectivity index (χ1n) is 10.1. The Hall–Kier alpha value is -2.07. The number of aromatic nitrogens is 1. The van der Waals surface area contributed by atoms with E-state index in [1.807, 2.05) is 6.92 Å². The molecule has 0 radical (unpaired) electrons. The maximum Gasteiger partial charge on any atom is 0.337 e. The van der Waals surface area contributed by atoms with Gasteiger partial charge in [-0.15, -0.1) is 0 Å². The molecule has 1 aliphatic carbocycles. The number of rotatable bonds is 6. The average molecular weight is 369 g/mol. The fraction of sp³-hybridized carbons (Fsp3) is 0.522. The monoisotopic (exact) mass is 368 g/mol. The van der Waals surface area contributed by atoms with E-state index in [9.17, 15) is 9.90 Å². The topological polar surface area (TPSA) is 54.3 Å². The fourth-order valence-electron chi connectivity index (χ4n) is 4.53. The van der Waals surface area contributed by atoms with E-state index in [-0.39, 0.29) is 0 Å². The smallest absolute Gasteiger partial charge is 0.337 e. The molecule has 0 saturated heterocycles. The van der Waals surface area contributed by atoms with Gasteiger partial charge >= 0.3 is 5.97 Å². The number of benzene rings is 1. The number of hydrogen-bond acceptors (Lipinski definition) is 2. The van der Waals surface area contributed by atoms with Crippen LogP contribution in [0.1, 0.15) is 71.0 Å². The maximum atomic E-state index is 12.0. The van der Waals surface area contributed by atoms with Crippen LogP contribution in [0.4, 0.5) is 0 Å². The van der Waals surface area contributed by atoms with Crippen molar-refractivity contribution in [1.82, 2.24) is 9.88 Å². The highest BCUT2D eigenvalue weighted by Gasteiger charge is 2.25. The molecule has 3 rings (SSSR count). The summed E-state index contributed by atoms with van der Waals surface area (Å²) in [6, 6.07) is 8.90. The van der Waals surface area contributed by atoms with Crippen LogP contribution in [0.5, 0.6) is 0 Å². The number of aryl methyl sites for hydroxylation is 1. The van der Waals surface area contributed by atoms with Gasteiger partial charge in [0.05, 0.1) is 5.56 Å². The van der Waals surface area contributed by atoms with Gasteiger partial charge in [0.25, 0.3) is 0 Å². The molecule has 1 aromatic carbocycles. The molecule has 2 aromatic rings. The predicted octanol–water partition coefficient (Wildman–Crippen LogP) is 4.83. The molecule has 0 bridgehead atoms. The largest absolute Gasteiger partial charge is 0.478 e. The molecule has 0 spiro atoms. The van der Waals surface area contributed by atoms with Crippen molar-refractivity contribution in [1.29, 1.82) is 0 Å². The predicted molar refractivity (Wildman–Crippen MR) is 109 cm³/mol. The minimum absolute atomic E-state index is 0.469. The van der Waals surface area contributed by atoms with Crippen molar-refractivity contribution < 1.29 is 9.90 Å². The molecule has 27 heavy (non-hydrogen) atoms. The summed E-state index contributed by atoms with van der Waals surface area (Å²) in [4.78, 5) is 12.0. The molecule has 146 valence electrons. The average Bonchev–Trinajstić information content (AvgIpc) is 2.85. The van der Waals surface area contributed by atoms with Gasteiger partial charge in [0, 0.05) is 36.1 Å². The molecule has 1 heterocycles. The van der Waals surface area contributed by atoms with E-state index >= 15 is 0 Å². The Morgan fingerprint density at radius 1 is 1.19 bits per heavy atom. The van der Waals surface area contributed by atoms with Crippen molar-refractivity contribution >= 4 is 5.97 Å². The highest BCUT2D eigenvalue weighted by atomic mass is 16.4. The first kappa shape index (κ1) is 19.7. The van der Waals surface area contributed by atoms with Gasteiger partial charge < -0.3 is 15.0 Å². The first-order chi connectivity index (χ1) is 12.9. The SMILES string of the molecule is Cc1cccc(Cn2c(C)c(CN[C@@H]3CCCC[C@H]3C)c(C(=O)O)c2C)c1. The quantitative estimate of drug-likeness (QED) is 0.768. The van der Waals surface area contributed by atoms with Crippen molar-refractivity contribution in [3.63, 3.8) is 0 Å². The highest BCUT2D eigenvalue weighted by Crippen LogP contribution is 2.27. The van der Waals surface area contributed by atoms with Crippen LogP contribution in [0, 0.1) is 26.7 Å². The zero-order valence-corrected chi connectivity index (χ0v) is 17.0. The summed E-state index contributed by atoms with van der Waals surface area (Å²) >= 11 is 0. The normalized spacial score (nSPS) is 20.0. The van der Waals surface area contributed by atoms with Gasteiger partial charge in [0.15, 0.2) is 0 Å². The summed E-state index contributed by atoms with van der Waals surface area (Å²) < 4.78 is 2.15. The zero-order chi connectivity index (χ0) is 19.6. The number of nitrogens with one attached hydrogen (secondary N) is 1. The van der Waals surface area contributed by atoms with Crippen molar-refractivity contribution in [3.05, 3.63) is 57.9 Å². The molecule has 2 atom stereocenters. The lowest BCUT2D eigenvalue weighted by atomic mass is 9.86. The fourth-order valence-corrected chi connectivity index (χ4v) is 4.53. The summed E-state index contributed by atoms with van der Waals surface area (Å²) in [5.41, 5.74) is 5.73. The highest BCUT2D eigenvalue weighted by molar-refractivity contribution is 5.91. The van der Waals surface area contributed by atoms with E-state index < -0.39 is 5.97 Å². The number of aromatic carboxylic acids is 1. The van der Waals surface area contributed by atoms with E-state index in [4.69, 9.17) is 0 Å². The van der Waals surface area contributed by atoms with Crippen molar-refractivity contribution in [2.24, 2.45) is 5.92 Å². The van der Waals surface area contributed by atoms with Crippen LogP contribution in [0.15, 0.2) is 24.3 Å². The van der Waals surface area contributed by atoms with E-state index in [1.54, 1.807) is 0 Å². The second-order valence-corrected chi connectivity index (χ2v) is 8.15. The molecule has 2 N–H and O–H groups in total. The third-order valence-corrected chi connectivity index (χ3v) is 6.20. The summed E-state index contributed by atoms with van der Waals surface area (Å²) in [6.07, 6.45) is 5.02. The molecule has 0 unspecified atom stereocenters. The van der Waals surface area contributed by atoms with Gasteiger partial charge in [0.2, 0.25) is 0 Å². The first-order valence-corrected chi connectivity index (χ1v) is 10.1. The summed E-state index contributed by atoms with van der Waals surface area (Å²) in [6.45, 7) is 9.71. The van der Waals surface area contributed by atoms with Gasteiger partial charge in [-0.2, -0.15) is 0 Å². The Morgan fingerprint density at radius 2 is 1.93 bits per heavy atom. The number of carbonyl (C=O) groups is 1. The minimum Gasteiger partial charge on any atom is -0.478 e. The van der Waals surface area contributed by atoms with Gasteiger partial charge in [-0.1, -0.05) is 49.6 Å². The molecular weight excluding hydrogens is 336 g/mol. The Balaban J connectivity index is 1.87. The molecular formula is C23H32N2O2. The molecule has 4 nitrogen and oxygen atoms in total. The van der Waals surface area contributed by atoms with Crippen LogP contribution >= 0.6 is 0 Å². The minimum atomic E-state index is -0.827. The van der Waals surface area contributed by atoms with Gasteiger partial charge in [-0.05, 0) is 45.1 Å². The van der Waals surface area contributed by atoms with Crippen LogP contribution in [0.25, 0.3) is 0 Å². The van der Waals surface area contributed by atoms with Crippen LogP contribution in [-0.2, 0) is 13.1 Å². The number of hydrogen-bond donors (Lipinski definition) is 2. The number of nitrogens with zero attached hydrogens (tertiary/aromatic N) is 1. The zero-order valence-electron chi connectivity index (χ0n) is 17.0. The third-order valence-electron chi connectivity index (χ3n) is 6.20. The molecule has 0 aliphatic heterocycles. The Kier molecular flexibility index (Phi) is 6.05. The van der Waals surface area contributed by atoms with Gasteiger partial charge in [0.1, 0.15) is 0 Å². The number of carboxylic acid groups (broad SMARTS) is 1. The Morgan fingerprint density at radius 3 is 2.59 bits per heavy atom. The summed E-state index contributed by atoms with van der Waals surface area (Å²) in [7, 11) is 0. The Labute approximate surface area is 162 Å². The summed E-state index contributed by atoms with van der Waals surface area (Å²) in [5.74, 6) is -0.171. The van der Waals surface area contributed by atoms with Crippen LogP contribution in [0.3, 0.4) is 0 Å².